The molecule has 0 unspecified atom stereocenters. The van der Waals surface area contributed by atoms with E-state index in [0.717, 1.165) is 23.9 Å². The van der Waals surface area contributed by atoms with Gasteiger partial charge in [-0.05, 0) is 19.3 Å². The van der Waals surface area contributed by atoms with Gasteiger partial charge in [0.25, 0.3) is 0 Å². The monoisotopic (exact) mass is 281 g/mol. The van der Waals surface area contributed by atoms with E-state index < -0.39 is 0 Å². The summed E-state index contributed by atoms with van der Waals surface area (Å²) in [6, 6.07) is 0. The van der Waals surface area contributed by atoms with E-state index in [0.29, 0.717) is 6.54 Å². The van der Waals surface area contributed by atoms with Crippen LogP contribution in [0.2, 0.25) is 0 Å². The average Bonchev–Trinajstić information content (AvgIpc) is 2.87. The highest BCUT2D eigenvalue weighted by molar-refractivity contribution is 7.13. The fourth-order valence-electron chi connectivity index (χ4n) is 2.36. The predicted molar refractivity (Wildman–Crippen MR) is 79.5 cm³/mol. The quantitative estimate of drug-likeness (QED) is 0.851. The van der Waals surface area contributed by atoms with Crippen LogP contribution in [0.25, 0.3) is 0 Å². The molecule has 1 aliphatic rings. The molecule has 1 aromatic rings. The topological polar surface area (TPSA) is 36.4 Å². The van der Waals surface area contributed by atoms with Crippen LogP contribution < -0.4 is 4.90 Å². The summed E-state index contributed by atoms with van der Waals surface area (Å²) in [7, 11) is 1.85. The second-order valence-corrected chi connectivity index (χ2v) is 6.35. The van der Waals surface area contributed by atoms with Crippen molar-refractivity contribution in [3.05, 3.63) is 11.1 Å². The van der Waals surface area contributed by atoms with Gasteiger partial charge in [0.1, 0.15) is 0 Å². The Hall–Kier alpha value is -1.10. The molecule has 5 heteroatoms. The first-order valence-electron chi connectivity index (χ1n) is 7.02. The summed E-state index contributed by atoms with van der Waals surface area (Å²) in [4.78, 5) is 20.6. The number of nitrogens with zero attached hydrogens (tertiary/aromatic N) is 3. The summed E-state index contributed by atoms with van der Waals surface area (Å²) in [5.41, 5.74) is 1.00. The predicted octanol–water partition coefficient (Wildman–Crippen LogP) is 2.75. The summed E-state index contributed by atoms with van der Waals surface area (Å²) in [6.07, 6.45) is 3.86. The van der Waals surface area contributed by atoms with Crippen LogP contribution in [-0.4, -0.2) is 35.9 Å². The van der Waals surface area contributed by atoms with E-state index in [-0.39, 0.29) is 11.8 Å². The Morgan fingerprint density at radius 3 is 2.74 bits per heavy atom. The minimum atomic E-state index is 0.0465. The van der Waals surface area contributed by atoms with E-state index >= 15 is 0 Å². The zero-order valence-corrected chi connectivity index (χ0v) is 12.9. The molecular formula is C14H23N3OS. The molecular weight excluding hydrogens is 258 g/mol. The van der Waals surface area contributed by atoms with Crippen molar-refractivity contribution in [2.45, 2.75) is 39.7 Å². The van der Waals surface area contributed by atoms with Crippen molar-refractivity contribution in [2.24, 2.45) is 5.92 Å². The first-order chi connectivity index (χ1) is 9.08. The van der Waals surface area contributed by atoms with Crippen LogP contribution >= 0.6 is 11.3 Å². The van der Waals surface area contributed by atoms with Crippen molar-refractivity contribution < 1.29 is 4.79 Å². The van der Waals surface area contributed by atoms with Crippen LogP contribution in [0.3, 0.4) is 0 Å². The summed E-state index contributed by atoms with van der Waals surface area (Å²) in [5.74, 6) is 0.220. The number of aromatic nitrogens is 1. The number of hydrogen-bond donors (Lipinski definition) is 0. The van der Waals surface area contributed by atoms with Gasteiger partial charge in [-0.15, -0.1) is 11.3 Å². The number of rotatable bonds is 4. The van der Waals surface area contributed by atoms with Gasteiger partial charge in [-0.25, -0.2) is 4.98 Å². The van der Waals surface area contributed by atoms with Crippen molar-refractivity contribution in [1.82, 2.24) is 9.88 Å². The van der Waals surface area contributed by atoms with Crippen LogP contribution in [0.15, 0.2) is 5.38 Å². The van der Waals surface area contributed by atoms with E-state index in [4.69, 9.17) is 0 Å². The van der Waals surface area contributed by atoms with Crippen LogP contribution in [0.1, 0.15) is 38.8 Å². The van der Waals surface area contributed by atoms with Gasteiger partial charge in [0.2, 0.25) is 5.91 Å². The molecule has 4 nitrogen and oxygen atoms in total. The summed E-state index contributed by atoms with van der Waals surface area (Å²) in [6.45, 7) is 6.71. The Morgan fingerprint density at radius 2 is 2.11 bits per heavy atom. The molecule has 0 aliphatic carbocycles. The minimum absolute atomic E-state index is 0.0465. The lowest BCUT2D eigenvalue weighted by molar-refractivity contribution is -0.133. The fourth-order valence-corrected chi connectivity index (χ4v) is 3.23. The molecule has 0 saturated carbocycles. The van der Waals surface area contributed by atoms with E-state index in [1.54, 1.807) is 16.2 Å². The van der Waals surface area contributed by atoms with Crippen molar-refractivity contribution in [3.63, 3.8) is 0 Å². The lowest BCUT2D eigenvalue weighted by atomic mass is 10.1. The molecule has 1 aliphatic heterocycles. The Labute approximate surface area is 119 Å². The third kappa shape index (κ3) is 3.69. The summed E-state index contributed by atoms with van der Waals surface area (Å²) in [5, 5.41) is 3.19. The van der Waals surface area contributed by atoms with Crippen LogP contribution in [-0.2, 0) is 11.3 Å². The van der Waals surface area contributed by atoms with Gasteiger partial charge >= 0.3 is 0 Å². The molecule has 0 N–H and O–H groups in total. The van der Waals surface area contributed by atoms with E-state index in [1.807, 2.05) is 20.9 Å². The van der Waals surface area contributed by atoms with Crippen molar-refractivity contribution in [3.8, 4) is 0 Å². The molecule has 1 fully saturated rings. The maximum atomic E-state index is 11.8. The smallest absolute Gasteiger partial charge is 0.225 e. The maximum absolute atomic E-state index is 11.8. The molecule has 2 rings (SSSR count). The SMILES string of the molecule is CC(C)C(=O)N(C)Cc1csc(N2CCCCC2)n1. The van der Waals surface area contributed by atoms with Gasteiger partial charge in [-0.3, -0.25) is 4.79 Å². The Kier molecular flexibility index (Phi) is 4.80. The lowest BCUT2D eigenvalue weighted by Gasteiger charge is -2.25. The normalized spacial score (nSPS) is 15.9. The Balaban J connectivity index is 1.95. The van der Waals surface area contributed by atoms with Gasteiger partial charge in [-0.1, -0.05) is 13.8 Å². The van der Waals surface area contributed by atoms with E-state index in [1.165, 1.54) is 19.3 Å². The zero-order valence-electron chi connectivity index (χ0n) is 12.1. The summed E-state index contributed by atoms with van der Waals surface area (Å²) >= 11 is 1.70. The van der Waals surface area contributed by atoms with Crippen molar-refractivity contribution in [1.29, 1.82) is 0 Å². The van der Waals surface area contributed by atoms with Gasteiger partial charge in [0, 0.05) is 31.4 Å². The minimum Gasteiger partial charge on any atom is -0.348 e. The molecule has 0 atom stereocenters. The average molecular weight is 281 g/mol. The van der Waals surface area contributed by atoms with Crippen molar-refractivity contribution in [2.75, 3.05) is 25.0 Å². The van der Waals surface area contributed by atoms with Crippen LogP contribution in [0, 0.1) is 5.92 Å². The van der Waals surface area contributed by atoms with Crippen molar-refractivity contribution >= 4 is 22.4 Å². The van der Waals surface area contributed by atoms with Gasteiger partial charge < -0.3 is 9.80 Å². The Bertz CT molecular complexity index is 424. The highest BCUT2D eigenvalue weighted by atomic mass is 32.1. The molecule has 0 spiro atoms. The van der Waals surface area contributed by atoms with Gasteiger partial charge in [0.05, 0.1) is 12.2 Å². The fraction of sp³-hybridized carbons (Fsp3) is 0.714. The second kappa shape index (κ2) is 6.37. The van der Waals surface area contributed by atoms with Crippen LogP contribution in [0.4, 0.5) is 5.13 Å². The molecule has 1 aromatic heterocycles. The van der Waals surface area contributed by atoms with Crippen LogP contribution in [0.5, 0.6) is 0 Å². The molecule has 0 aromatic carbocycles. The highest BCUT2D eigenvalue weighted by Gasteiger charge is 2.17. The zero-order chi connectivity index (χ0) is 13.8. The van der Waals surface area contributed by atoms with E-state index in [2.05, 4.69) is 15.3 Å². The number of carbonyl (C=O) groups is 1. The first-order valence-corrected chi connectivity index (χ1v) is 7.90. The number of anilines is 1. The number of amides is 1. The Morgan fingerprint density at radius 1 is 1.42 bits per heavy atom. The highest BCUT2D eigenvalue weighted by Crippen LogP contribution is 2.24. The first kappa shape index (κ1) is 14.3. The molecule has 1 saturated heterocycles. The van der Waals surface area contributed by atoms with Gasteiger partial charge in [-0.2, -0.15) is 0 Å². The standard InChI is InChI=1S/C14H23N3OS/c1-11(2)13(18)16(3)9-12-10-19-14(15-12)17-7-5-4-6-8-17/h10-11H,4-9H2,1-3H3. The molecule has 0 bridgehead atoms. The largest absolute Gasteiger partial charge is 0.348 e. The third-order valence-corrected chi connectivity index (χ3v) is 4.39. The number of thiazole rings is 1. The van der Waals surface area contributed by atoms with E-state index in [9.17, 15) is 4.79 Å². The number of hydrogen-bond acceptors (Lipinski definition) is 4. The number of carbonyl (C=O) groups excluding carboxylic acids is 1. The number of piperidine rings is 1. The maximum Gasteiger partial charge on any atom is 0.225 e. The summed E-state index contributed by atoms with van der Waals surface area (Å²) < 4.78 is 0. The third-order valence-electron chi connectivity index (χ3n) is 3.44. The molecule has 2 heterocycles. The molecule has 19 heavy (non-hydrogen) atoms. The second-order valence-electron chi connectivity index (χ2n) is 5.52. The molecule has 106 valence electrons. The molecule has 1 amide bonds. The molecule has 0 radical (unpaired) electrons. The lowest BCUT2D eigenvalue weighted by Crippen LogP contribution is -2.30. The van der Waals surface area contributed by atoms with Gasteiger partial charge in [0.15, 0.2) is 5.13 Å².